The first kappa shape index (κ1) is 15.1. The van der Waals surface area contributed by atoms with Crippen LogP contribution in [0.3, 0.4) is 0 Å². The van der Waals surface area contributed by atoms with Crippen LogP contribution in [0.15, 0.2) is 35.5 Å². The van der Waals surface area contributed by atoms with Crippen LogP contribution in [0, 0.1) is 0 Å². The Morgan fingerprint density at radius 2 is 2.14 bits per heavy atom. The maximum atomic E-state index is 9.41. The van der Waals surface area contributed by atoms with Crippen molar-refractivity contribution in [2.24, 2.45) is 10.9 Å². The van der Waals surface area contributed by atoms with Gasteiger partial charge in [-0.2, -0.15) is 0 Å². The van der Waals surface area contributed by atoms with Gasteiger partial charge in [0.1, 0.15) is 5.82 Å². The highest BCUT2D eigenvalue weighted by Crippen LogP contribution is 2.23. The van der Waals surface area contributed by atoms with E-state index in [2.05, 4.69) is 10.1 Å². The summed E-state index contributed by atoms with van der Waals surface area (Å²) >= 11 is 0. The fraction of sp³-hybridized carbons (Fsp3) is 0.333. The number of fused-ring (bicyclic) bond motifs is 1. The van der Waals surface area contributed by atoms with E-state index in [1.54, 1.807) is 6.92 Å². The number of para-hydroxylation sites is 1. The Bertz CT molecular complexity index is 655. The lowest BCUT2D eigenvalue weighted by Gasteiger charge is -2.22. The third-order valence-electron chi connectivity index (χ3n) is 3.33. The SMILES string of the molecule is CC(O)CCN(C)c1nc2ccccc2cc1/C(N)=N/O. The summed E-state index contributed by atoms with van der Waals surface area (Å²) in [5, 5.41) is 22.4. The van der Waals surface area contributed by atoms with Crippen LogP contribution in [0.25, 0.3) is 10.9 Å². The van der Waals surface area contributed by atoms with Gasteiger partial charge < -0.3 is 20.9 Å². The molecule has 0 radical (unpaired) electrons. The molecular formula is C15H20N4O2. The van der Waals surface area contributed by atoms with Crippen molar-refractivity contribution in [3.63, 3.8) is 0 Å². The molecule has 1 atom stereocenters. The van der Waals surface area contributed by atoms with Gasteiger partial charge in [-0.1, -0.05) is 23.4 Å². The number of pyridine rings is 1. The molecule has 0 aliphatic carbocycles. The number of nitrogens with two attached hydrogens (primary N) is 1. The van der Waals surface area contributed by atoms with Crippen molar-refractivity contribution in [3.05, 3.63) is 35.9 Å². The highest BCUT2D eigenvalue weighted by molar-refractivity contribution is 6.04. The maximum absolute atomic E-state index is 9.41. The standard InChI is InChI=1S/C15H20N4O2/c1-10(20)7-8-19(2)15-12(14(16)18-21)9-11-5-3-4-6-13(11)17-15/h3-6,9-10,20-21H,7-8H2,1-2H3,(H2,16,18). The molecule has 0 saturated heterocycles. The van der Waals surface area contributed by atoms with Crippen molar-refractivity contribution in [3.8, 4) is 0 Å². The third-order valence-corrected chi connectivity index (χ3v) is 3.33. The summed E-state index contributed by atoms with van der Waals surface area (Å²) in [5.41, 5.74) is 7.18. The maximum Gasteiger partial charge on any atom is 0.173 e. The molecule has 0 aliphatic heterocycles. The molecule has 1 aromatic carbocycles. The molecule has 0 bridgehead atoms. The second-order valence-electron chi connectivity index (χ2n) is 5.10. The number of hydrogen-bond donors (Lipinski definition) is 3. The molecule has 21 heavy (non-hydrogen) atoms. The van der Waals surface area contributed by atoms with E-state index < -0.39 is 0 Å². The minimum Gasteiger partial charge on any atom is -0.409 e. The number of aromatic nitrogens is 1. The molecule has 6 heteroatoms. The number of rotatable bonds is 5. The van der Waals surface area contributed by atoms with Crippen LogP contribution in [0.4, 0.5) is 5.82 Å². The topological polar surface area (TPSA) is 95.0 Å². The first-order valence-electron chi connectivity index (χ1n) is 6.80. The Morgan fingerprint density at radius 3 is 2.81 bits per heavy atom. The van der Waals surface area contributed by atoms with E-state index >= 15 is 0 Å². The zero-order chi connectivity index (χ0) is 15.4. The van der Waals surface area contributed by atoms with Gasteiger partial charge in [-0.05, 0) is 25.5 Å². The molecule has 4 N–H and O–H groups in total. The molecule has 0 aliphatic rings. The zero-order valence-electron chi connectivity index (χ0n) is 12.2. The van der Waals surface area contributed by atoms with Crippen molar-refractivity contribution in [1.82, 2.24) is 4.98 Å². The number of benzene rings is 1. The van der Waals surface area contributed by atoms with Gasteiger partial charge in [0.15, 0.2) is 5.84 Å². The molecule has 1 unspecified atom stereocenters. The summed E-state index contributed by atoms with van der Waals surface area (Å²) in [4.78, 5) is 6.49. The number of anilines is 1. The summed E-state index contributed by atoms with van der Waals surface area (Å²) < 4.78 is 0. The summed E-state index contributed by atoms with van der Waals surface area (Å²) in [6.45, 7) is 2.36. The number of amidine groups is 1. The summed E-state index contributed by atoms with van der Waals surface area (Å²) in [7, 11) is 1.87. The fourth-order valence-corrected chi connectivity index (χ4v) is 2.13. The van der Waals surface area contributed by atoms with Gasteiger partial charge in [-0.3, -0.25) is 0 Å². The van der Waals surface area contributed by atoms with Crippen LogP contribution in [-0.4, -0.2) is 40.8 Å². The highest BCUT2D eigenvalue weighted by Gasteiger charge is 2.15. The highest BCUT2D eigenvalue weighted by atomic mass is 16.4. The van der Waals surface area contributed by atoms with E-state index in [9.17, 15) is 5.11 Å². The molecule has 0 fully saturated rings. The molecule has 112 valence electrons. The van der Waals surface area contributed by atoms with Crippen molar-refractivity contribution in [2.75, 3.05) is 18.5 Å². The van der Waals surface area contributed by atoms with Gasteiger partial charge in [-0.15, -0.1) is 0 Å². The summed E-state index contributed by atoms with van der Waals surface area (Å²) in [5.74, 6) is 0.650. The van der Waals surface area contributed by atoms with Gasteiger partial charge in [0.25, 0.3) is 0 Å². The van der Waals surface area contributed by atoms with Crippen LogP contribution in [0.2, 0.25) is 0 Å². The lowest BCUT2D eigenvalue weighted by molar-refractivity contribution is 0.187. The molecule has 2 rings (SSSR count). The lowest BCUT2D eigenvalue weighted by atomic mass is 10.1. The smallest absolute Gasteiger partial charge is 0.173 e. The van der Waals surface area contributed by atoms with Gasteiger partial charge in [-0.25, -0.2) is 4.98 Å². The molecule has 0 saturated carbocycles. The fourth-order valence-electron chi connectivity index (χ4n) is 2.13. The average Bonchev–Trinajstić information content (AvgIpc) is 2.50. The van der Waals surface area contributed by atoms with Crippen molar-refractivity contribution in [2.45, 2.75) is 19.4 Å². The van der Waals surface area contributed by atoms with Crippen LogP contribution in [0.1, 0.15) is 18.9 Å². The third kappa shape index (κ3) is 3.41. The predicted molar refractivity (Wildman–Crippen MR) is 83.8 cm³/mol. The second-order valence-corrected chi connectivity index (χ2v) is 5.10. The van der Waals surface area contributed by atoms with Crippen LogP contribution < -0.4 is 10.6 Å². The average molecular weight is 288 g/mol. The van der Waals surface area contributed by atoms with E-state index in [1.807, 2.05) is 42.3 Å². The van der Waals surface area contributed by atoms with Gasteiger partial charge in [0.05, 0.1) is 17.2 Å². The number of oxime groups is 1. The van der Waals surface area contributed by atoms with Crippen LogP contribution in [0.5, 0.6) is 0 Å². The Balaban J connectivity index is 2.48. The Morgan fingerprint density at radius 1 is 1.43 bits per heavy atom. The normalized spacial score (nSPS) is 13.4. The number of aliphatic hydroxyl groups is 1. The van der Waals surface area contributed by atoms with Crippen molar-refractivity contribution in [1.29, 1.82) is 0 Å². The van der Waals surface area contributed by atoms with E-state index in [0.29, 0.717) is 24.3 Å². The van der Waals surface area contributed by atoms with Crippen molar-refractivity contribution < 1.29 is 10.3 Å². The molecule has 1 aromatic heterocycles. The van der Waals surface area contributed by atoms with Crippen molar-refractivity contribution >= 4 is 22.6 Å². The Hall–Kier alpha value is -2.34. The Labute approximate surface area is 123 Å². The summed E-state index contributed by atoms with van der Waals surface area (Å²) in [6.07, 6.45) is 0.223. The van der Waals surface area contributed by atoms with E-state index in [4.69, 9.17) is 10.9 Å². The first-order valence-corrected chi connectivity index (χ1v) is 6.80. The van der Waals surface area contributed by atoms with Crippen LogP contribution in [-0.2, 0) is 0 Å². The summed E-state index contributed by atoms with van der Waals surface area (Å²) in [6, 6.07) is 9.52. The minimum atomic E-state index is -0.389. The number of aliphatic hydroxyl groups excluding tert-OH is 1. The second kappa shape index (κ2) is 6.41. The van der Waals surface area contributed by atoms with Crippen LogP contribution >= 0.6 is 0 Å². The predicted octanol–water partition coefficient (Wildman–Crippen LogP) is 1.54. The van der Waals surface area contributed by atoms with E-state index in [1.165, 1.54) is 0 Å². The van der Waals surface area contributed by atoms with E-state index in [0.717, 1.165) is 10.9 Å². The largest absolute Gasteiger partial charge is 0.409 e. The van der Waals surface area contributed by atoms with Gasteiger partial charge >= 0.3 is 0 Å². The molecule has 0 spiro atoms. The molecule has 2 aromatic rings. The quantitative estimate of drug-likeness (QED) is 0.336. The van der Waals surface area contributed by atoms with Gasteiger partial charge in [0.2, 0.25) is 0 Å². The molecular weight excluding hydrogens is 268 g/mol. The van der Waals surface area contributed by atoms with E-state index in [-0.39, 0.29) is 11.9 Å². The lowest BCUT2D eigenvalue weighted by Crippen LogP contribution is -2.26. The Kier molecular flexibility index (Phi) is 4.59. The molecule has 0 amide bonds. The number of hydrogen-bond acceptors (Lipinski definition) is 5. The molecule has 1 heterocycles. The van der Waals surface area contributed by atoms with Gasteiger partial charge in [0, 0.05) is 19.0 Å². The number of nitrogens with zero attached hydrogens (tertiary/aromatic N) is 3. The first-order chi connectivity index (χ1) is 10.0. The minimum absolute atomic E-state index is 0.0205. The monoisotopic (exact) mass is 288 g/mol. The zero-order valence-corrected chi connectivity index (χ0v) is 12.2. The molecule has 6 nitrogen and oxygen atoms in total.